The van der Waals surface area contributed by atoms with Gasteiger partial charge >= 0.3 is 0 Å². The first-order chi connectivity index (χ1) is 17.4. The number of nitrogens with one attached hydrogen (secondary N) is 2. The van der Waals surface area contributed by atoms with E-state index in [-0.39, 0.29) is 17.3 Å². The Kier molecular flexibility index (Phi) is 5.20. The average molecular weight is 489 g/mol. The molecule has 2 N–H and O–H groups in total. The number of benzene rings is 1. The van der Waals surface area contributed by atoms with Gasteiger partial charge in [0.2, 0.25) is 11.8 Å². The summed E-state index contributed by atoms with van der Waals surface area (Å²) < 4.78 is 18.9. The molecule has 0 saturated carbocycles. The highest BCUT2D eigenvalue weighted by Gasteiger charge is 2.45. The van der Waals surface area contributed by atoms with Crippen LogP contribution in [0, 0.1) is 11.7 Å². The van der Waals surface area contributed by atoms with Gasteiger partial charge in [0.25, 0.3) is 0 Å². The minimum atomic E-state index is -0.252. The van der Waals surface area contributed by atoms with E-state index >= 15 is 0 Å². The van der Waals surface area contributed by atoms with Crippen LogP contribution in [0.15, 0.2) is 48.3 Å². The Balaban J connectivity index is 1.33. The molecule has 9 nitrogen and oxygen atoms in total. The summed E-state index contributed by atoms with van der Waals surface area (Å²) in [5.74, 6) is 2.79. The fraction of sp³-hybridized carbons (Fsp3) is 0.385. The smallest absolute Gasteiger partial charge is 0.235 e. The normalized spacial score (nSPS) is 21.4. The van der Waals surface area contributed by atoms with Crippen LogP contribution in [-0.4, -0.2) is 53.5 Å². The third-order valence-electron chi connectivity index (χ3n) is 7.42. The summed E-state index contributed by atoms with van der Waals surface area (Å²) in [6.07, 6.45) is 4.94. The van der Waals surface area contributed by atoms with Gasteiger partial charge in [-0.25, -0.2) is 4.39 Å². The molecule has 1 saturated heterocycles. The number of hydrogen-bond acceptors (Lipinski definition) is 9. The van der Waals surface area contributed by atoms with Crippen molar-refractivity contribution < 1.29 is 9.13 Å². The third kappa shape index (κ3) is 3.59. The highest BCUT2D eigenvalue weighted by Crippen LogP contribution is 2.47. The first-order valence-electron chi connectivity index (χ1n) is 12.1. The number of ether oxygens (including phenoxy) is 1. The fourth-order valence-electron chi connectivity index (χ4n) is 5.42. The average Bonchev–Trinajstić information content (AvgIpc) is 3.48. The zero-order chi connectivity index (χ0) is 25.0. The second kappa shape index (κ2) is 8.32. The van der Waals surface area contributed by atoms with Crippen molar-refractivity contribution in [1.29, 1.82) is 0 Å². The summed E-state index contributed by atoms with van der Waals surface area (Å²) in [5, 5.41) is 14.9. The van der Waals surface area contributed by atoms with E-state index in [2.05, 4.69) is 50.6 Å². The van der Waals surface area contributed by atoms with E-state index in [0.29, 0.717) is 17.7 Å². The molecule has 3 aromatic rings. The van der Waals surface area contributed by atoms with Crippen LogP contribution in [0.4, 0.5) is 33.3 Å². The molecule has 10 heteroatoms. The molecular weight excluding hydrogens is 459 g/mol. The van der Waals surface area contributed by atoms with Crippen LogP contribution in [-0.2, 0) is 5.41 Å². The van der Waals surface area contributed by atoms with E-state index < -0.39 is 0 Å². The van der Waals surface area contributed by atoms with Gasteiger partial charge < -0.3 is 25.2 Å². The maximum Gasteiger partial charge on any atom is 0.235 e. The van der Waals surface area contributed by atoms with Gasteiger partial charge in [-0.3, -0.25) is 0 Å². The van der Waals surface area contributed by atoms with E-state index in [1.54, 1.807) is 25.4 Å². The fourth-order valence-corrected chi connectivity index (χ4v) is 5.42. The Labute approximate surface area is 209 Å². The van der Waals surface area contributed by atoms with Gasteiger partial charge in [0.15, 0.2) is 0 Å². The summed E-state index contributed by atoms with van der Waals surface area (Å²) in [6.45, 7) is 6.07. The van der Waals surface area contributed by atoms with E-state index in [9.17, 15) is 4.39 Å². The second-order valence-electron chi connectivity index (χ2n) is 10.1. The van der Waals surface area contributed by atoms with Crippen LogP contribution in [0.25, 0.3) is 0 Å². The quantitative estimate of drug-likeness (QED) is 0.532. The van der Waals surface area contributed by atoms with E-state index in [1.165, 1.54) is 12.1 Å². The van der Waals surface area contributed by atoms with Crippen molar-refractivity contribution in [3.05, 3.63) is 59.7 Å². The van der Waals surface area contributed by atoms with Crippen LogP contribution >= 0.6 is 0 Å². The number of anilines is 5. The molecule has 0 radical (unpaired) electrons. The lowest BCUT2D eigenvalue weighted by atomic mass is 9.79. The lowest BCUT2D eigenvalue weighted by molar-refractivity contribution is 0.392. The Morgan fingerprint density at radius 3 is 2.67 bits per heavy atom. The molecule has 2 aromatic heterocycles. The van der Waals surface area contributed by atoms with Gasteiger partial charge in [-0.2, -0.15) is 15.1 Å². The standard InChI is InChI=1S/C26H29FN8O/c1-26(2)9-10-34(17-7-5-16(27)6-8-17)24-21(26)23(28-3)31-25(32-24)30-22-15-11-19(22)35(14-15)18-12-20(36-4)33-29-13-18/h5-8,11-13,15,22H,9-10,14H2,1-4H3,(H2,28,30,31,32). The van der Waals surface area contributed by atoms with Crippen molar-refractivity contribution in [2.24, 2.45) is 5.92 Å². The van der Waals surface area contributed by atoms with Crippen LogP contribution in [0.2, 0.25) is 0 Å². The minimum Gasteiger partial charge on any atom is -0.480 e. The van der Waals surface area contributed by atoms with Crippen molar-refractivity contribution in [2.75, 3.05) is 47.7 Å². The van der Waals surface area contributed by atoms with Crippen molar-refractivity contribution >= 4 is 29.0 Å². The molecule has 2 unspecified atom stereocenters. The molecule has 1 fully saturated rings. The molecule has 36 heavy (non-hydrogen) atoms. The molecule has 2 atom stereocenters. The van der Waals surface area contributed by atoms with E-state index in [1.807, 2.05) is 13.1 Å². The largest absolute Gasteiger partial charge is 0.480 e. The first kappa shape index (κ1) is 22.5. The van der Waals surface area contributed by atoms with Gasteiger partial charge in [0.1, 0.15) is 17.5 Å². The first-order valence-corrected chi connectivity index (χ1v) is 12.1. The number of aromatic nitrogens is 4. The number of fused-ring (bicyclic) bond motifs is 2. The summed E-state index contributed by atoms with van der Waals surface area (Å²) in [4.78, 5) is 14.3. The molecule has 186 valence electrons. The van der Waals surface area contributed by atoms with E-state index in [4.69, 9.17) is 14.7 Å². The molecule has 1 aliphatic carbocycles. The zero-order valence-corrected chi connectivity index (χ0v) is 20.8. The number of hydrogen-bond donors (Lipinski definition) is 2. The summed E-state index contributed by atoms with van der Waals surface area (Å²) in [5.41, 5.74) is 3.99. The number of nitrogens with zero attached hydrogens (tertiary/aromatic N) is 6. The third-order valence-corrected chi connectivity index (χ3v) is 7.42. The topological polar surface area (TPSA) is 91.3 Å². The van der Waals surface area contributed by atoms with Crippen LogP contribution in [0.3, 0.4) is 0 Å². The molecule has 0 amide bonds. The predicted molar refractivity (Wildman–Crippen MR) is 138 cm³/mol. The van der Waals surface area contributed by atoms with Crippen LogP contribution in [0.5, 0.6) is 5.88 Å². The van der Waals surface area contributed by atoms with Crippen molar-refractivity contribution in [2.45, 2.75) is 31.7 Å². The number of halogens is 1. The van der Waals surface area contributed by atoms with Gasteiger partial charge in [-0.15, -0.1) is 5.10 Å². The molecule has 0 spiro atoms. The molecule has 1 aromatic carbocycles. The van der Waals surface area contributed by atoms with Gasteiger partial charge in [-0.05, 0) is 36.1 Å². The molecular formula is C26H29FN8O. The Hall–Kier alpha value is -3.95. The molecule has 2 bridgehead atoms. The molecule has 5 heterocycles. The lowest BCUT2D eigenvalue weighted by Crippen LogP contribution is -2.38. The van der Waals surface area contributed by atoms with Gasteiger partial charge in [0.05, 0.1) is 25.0 Å². The summed E-state index contributed by atoms with van der Waals surface area (Å²) in [7, 11) is 3.48. The van der Waals surface area contributed by atoms with Crippen LogP contribution in [0.1, 0.15) is 25.8 Å². The van der Waals surface area contributed by atoms with Gasteiger partial charge in [0, 0.05) is 49.1 Å². The number of methoxy groups -OCH3 is 1. The monoisotopic (exact) mass is 488 g/mol. The lowest BCUT2D eigenvalue weighted by Gasteiger charge is -2.40. The predicted octanol–water partition coefficient (Wildman–Crippen LogP) is 4.09. The Bertz CT molecular complexity index is 1340. The van der Waals surface area contributed by atoms with Crippen LogP contribution < -0.4 is 25.2 Å². The molecule has 3 aliphatic heterocycles. The minimum absolute atomic E-state index is 0.0998. The van der Waals surface area contributed by atoms with Crippen molar-refractivity contribution in [3.63, 3.8) is 0 Å². The number of rotatable bonds is 6. The van der Waals surface area contributed by atoms with Gasteiger partial charge in [-0.1, -0.05) is 19.9 Å². The van der Waals surface area contributed by atoms with E-state index in [0.717, 1.165) is 53.8 Å². The zero-order valence-electron chi connectivity index (χ0n) is 20.8. The molecule has 7 rings (SSSR count). The van der Waals surface area contributed by atoms with Crippen molar-refractivity contribution in [3.8, 4) is 5.88 Å². The molecule has 4 aliphatic rings. The maximum atomic E-state index is 13.6. The SMILES string of the molecule is CNc1nc(NC2C3=CC2CN3c2cnnc(OC)c2)nc2c1C(C)(C)CCN2c1ccc(F)cc1. The summed E-state index contributed by atoms with van der Waals surface area (Å²) in [6, 6.07) is 8.58. The Morgan fingerprint density at radius 1 is 1.11 bits per heavy atom. The second-order valence-corrected chi connectivity index (χ2v) is 10.1. The van der Waals surface area contributed by atoms with Crippen molar-refractivity contribution in [1.82, 2.24) is 20.2 Å². The highest BCUT2D eigenvalue weighted by molar-refractivity contribution is 5.73. The maximum absolute atomic E-state index is 13.6. The summed E-state index contributed by atoms with van der Waals surface area (Å²) >= 11 is 0. The Morgan fingerprint density at radius 2 is 1.92 bits per heavy atom. The highest BCUT2D eigenvalue weighted by atomic mass is 19.1.